The van der Waals surface area contributed by atoms with Gasteiger partial charge in [0.2, 0.25) is 41.4 Å². The fourth-order valence-corrected chi connectivity index (χ4v) is 5.24. The molecule has 7 amide bonds. The van der Waals surface area contributed by atoms with E-state index in [9.17, 15) is 48.6 Å². The van der Waals surface area contributed by atoms with Crippen molar-refractivity contribution in [2.75, 3.05) is 39.4 Å². The summed E-state index contributed by atoms with van der Waals surface area (Å²) in [5, 5.41) is 33.3. The standard InChI is InChI=1S/C31H56N14O10/c1-16(40-27(53)21(15-48)42-23(49)12-32)24(50)43-19(6-3-9-37-30(33)34)26(52)39-17(2)25(51)44-20(7-4-10-38-31(35)36)29(55)45-11-5-8-22(45)28(54)41-18(13-46)14-47/h13,16-22,47-48H,3-12,14-15,32H2,1-2H3,(H,39,52)(H,40,53)(H,41,54)(H,42,49)(H,43,50)(H,44,51)(H4,33,34,37)(H4,35,36,38)/t16-,17-,18+,19-,20-,21-,22-/m0/s1. The van der Waals surface area contributed by atoms with Gasteiger partial charge in [0.15, 0.2) is 11.9 Å². The van der Waals surface area contributed by atoms with E-state index in [-0.39, 0.29) is 63.7 Å². The van der Waals surface area contributed by atoms with E-state index < -0.39 is 103 Å². The lowest BCUT2D eigenvalue weighted by atomic mass is 10.1. The summed E-state index contributed by atoms with van der Waals surface area (Å²) in [5.74, 6) is -5.73. The van der Waals surface area contributed by atoms with Gasteiger partial charge in [0, 0.05) is 19.6 Å². The largest absolute Gasteiger partial charge is 0.394 e. The highest BCUT2D eigenvalue weighted by Crippen LogP contribution is 2.20. The zero-order chi connectivity index (χ0) is 41.7. The first-order valence-corrected chi connectivity index (χ1v) is 17.6. The molecule has 0 saturated carbocycles. The predicted molar refractivity (Wildman–Crippen MR) is 197 cm³/mol. The first-order chi connectivity index (χ1) is 26.0. The van der Waals surface area contributed by atoms with Crippen LogP contribution in [0.25, 0.3) is 0 Å². The molecule has 1 fully saturated rings. The highest BCUT2D eigenvalue weighted by molar-refractivity contribution is 5.97. The van der Waals surface area contributed by atoms with Gasteiger partial charge >= 0.3 is 0 Å². The molecule has 1 aliphatic rings. The van der Waals surface area contributed by atoms with Crippen molar-refractivity contribution in [3.63, 3.8) is 0 Å². The minimum atomic E-state index is -1.40. The number of nitrogens with one attached hydrogen (secondary N) is 6. The van der Waals surface area contributed by atoms with Crippen LogP contribution in [0.5, 0.6) is 0 Å². The van der Waals surface area contributed by atoms with E-state index in [4.69, 9.17) is 28.7 Å². The van der Waals surface area contributed by atoms with Crippen molar-refractivity contribution < 1.29 is 48.6 Å². The Hall–Kier alpha value is -5.62. The minimum absolute atomic E-state index is 0.0270. The number of aliphatic hydroxyl groups is 2. The first kappa shape index (κ1) is 47.4. The normalized spacial score (nSPS) is 16.7. The van der Waals surface area contributed by atoms with Gasteiger partial charge in [-0.1, -0.05) is 0 Å². The molecular formula is C31H56N14O10. The van der Waals surface area contributed by atoms with Crippen molar-refractivity contribution in [3.8, 4) is 0 Å². The van der Waals surface area contributed by atoms with Crippen LogP contribution >= 0.6 is 0 Å². The van der Waals surface area contributed by atoms with Crippen LogP contribution in [-0.2, 0) is 38.4 Å². The number of hydrogen-bond donors (Lipinski definition) is 13. The van der Waals surface area contributed by atoms with Gasteiger partial charge in [-0.25, -0.2) is 0 Å². The smallest absolute Gasteiger partial charge is 0.245 e. The second kappa shape index (κ2) is 24.6. The van der Waals surface area contributed by atoms with Crippen LogP contribution in [0, 0.1) is 0 Å². The molecule has 0 spiro atoms. The molecule has 1 heterocycles. The maximum Gasteiger partial charge on any atom is 0.245 e. The zero-order valence-corrected chi connectivity index (χ0v) is 31.0. The molecule has 0 aliphatic carbocycles. The number of aliphatic hydroxyl groups excluding tert-OH is 2. The highest BCUT2D eigenvalue weighted by Gasteiger charge is 2.38. The monoisotopic (exact) mass is 784 g/mol. The van der Waals surface area contributed by atoms with Crippen molar-refractivity contribution in [1.82, 2.24) is 36.8 Å². The van der Waals surface area contributed by atoms with Crippen molar-refractivity contribution in [2.45, 2.75) is 94.7 Å². The summed E-state index contributed by atoms with van der Waals surface area (Å²) in [6, 6.07) is -8.57. The third-order valence-corrected chi connectivity index (χ3v) is 8.19. The van der Waals surface area contributed by atoms with E-state index in [1.807, 2.05) is 0 Å². The molecule has 55 heavy (non-hydrogen) atoms. The topological polar surface area (TPSA) is 407 Å². The maximum absolute atomic E-state index is 13.8. The maximum atomic E-state index is 13.8. The molecule has 1 rings (SSSR count). The Labute approximate surface area is 317 Å². The van der Waals surface area contributed by atoms with Crippen LogP contribution in [0.3, 0.4) is 0 Å². The molecule has 0 aromatic heterocycles. The van der Waals surface area contributed by atoms with Gasteiger partial charge < -0.3 is 80.5 Å². The molecule has 0 aromatic rings. The average Bonchev–Trinajstić information content (AvgIpc) is 3.64. The summed E-state index contributed by atoms with van der Waals surface area (Å²) in [5.41, 5.74) is 26.8. The number of carbonyl (C=O) groups excluding carboxylic acids is 8. The zero-order valence-electron chi connectivity index (χ0n) is 31.0. The summed E-state index contributed by atoms with van der Waals surface area (Å²) in [6.45, 7) is 1.11. The molecule has 0 radical (unpaired) electrons. The number of likely N-dealkylation sites (tertiary alicyclic amines) is 1. The second-order valence-electron chi connectivity index (χ2n) is 12.6. The number of guanidine groups is 2. The molecule has 7 atom stereocenters. The molecule has 24 nitrogen and oxygen atoms in total. The first-order valence-electron chi connectivity index (χ1n) is 17.6. The Morgan fingerprint density at radius 3 is 1.71 bits per heavy atom. The minimum Gasteiger partial charge on any atom is -0.394 e. The Morgan fingerprint density at radius 2 is 1.24 bits per heavy atom. The Balaban J connectivity index is 3.14. The van der Waals surface area contributed by atoms with E-state index in [0.717, 1.165) is 0 Å². The van der Waals surface area contributed by atoms with Crippen LogP contribution in [0.15, 0.2) is 9.98 Å². The van der Waals surface area contributed by atoms with Gasteiger partial charge in [-0.05, 0) is 52.4 Å². The fourth-order valence-electron chi connectivity index (χ4n) is 5.24. The molecule has 18 N–H and O–H groups in total. The molecule has 1 saturated heterocycles. The molecule has 310 valence electrons. The molecule has 24 heteroatoms. The predicted octanol–water partition coefficient (Wildman–Crippen LogP) is -7.82. The van der Waals surface area contributed by atoms with Crippen molar-refractivity contribution in [2.24, 2.45) is 38.7 Å². The molecule has 0 unspecified atom stereocenters. The number of hydrogen-bond acceptors (Lipinski definition) is 13. The van der Waals surface area contributed by atoms with Crippen LogP contribution in [0.2, 0.25) is 0 Å². The SMILES string of the molecule is C[C@H](NC(=O)[C@H](CO)NC(=O)CN)C(=O)N[C@@H](CCCN=C(N)N)C(=O)N[C@@H](C)C(=O)N[C@@H](CCCN=C(N)N)C(=O)N1CCC[C@H]1C(=O)N[C@H](C=O)CO. The summed E-state index contributed by atoms with van der Waals surface area (Å²) >= 11 is 0. The summed E-state index contributed by atoms with van der Waals surface area (Å²) < 4.78 is 0. The van der Waals surface area contributed by atoms with E-state index >= 15 is 0 Å². The van der Waals surface area contributed by atoms with E-state index in [2.05, 4.69) is 41.9 Å². The number of aldehydes is 1. The van der Waals surface area contributed by atoms with Crippen molar-refractivity contribution in [1.29, 1.82) is 0 Å². The number of carbonyl (C=O) groups is 8. The second-order valence-corrected chi connectivity index (χ2v) is 12.6. The van der Waals surface area contributed by atoms with Gasteiger partial charge in [-0.15, -0.1) is 0 Å². The van der Waals surface area contributed by atoms with Crippen molar-refractivity contribution >= 4 is 59.6 Å². The molecular weight excluding hydrogens is 728 g/mol. The van der Waals surface area contributed by atoms with Crippen LogP contribution in [-0.4, -0.2) is 156 Å². The third-order valence-electron chi connectivity index (χ3n) is 8.19. The number of nitrogens with two attached hydrogens (primary N) is 5. The fraction of sp³-hybridized carbons (Fsp3) is 0.677. The van der Waals surface area contributed by atoms with Gasteiger partial charge in [0.1, 0.15) is 48.6 Å². The number of nitrogens with zero attached hydrogens (tertiary/aromatic N) is 3. The number of amides is 7. The number of aliphatic imine (C=N–C) groups is 2. The van der Waals surface area contributed by atoms with Gasteiger partial charge in [-0.3, -0.25) is 43.5 Å². The van der Waals surface area contributed by atoms with Crippen LogP contribution in [0.1, 0.15) is 52.4 Å². The molecule has 0 aromatic carbocycles. The van der Waals surface area contributed by atoms with E-state index in [0.29, 0.717) is 12.7 Å². The van der Waals surface area contributed by atoms with Crippen LogP contribution < -0.4 is 60.6 Å². The van der Waals surface area contributed by atoms with E-state index in [1.165, 1.54) is 18.7 Å². The average molecular weight is 785 g/mol. The highest BCUT2D eigenvalue weighted by atomic mass is 16.3. The van der Waals surface area contributed by atoms with Gasteiger partial charge in [0.05, 0.1) is 19.8 Å². The summed E-state index contributed by atoms with van der Waals surface area (Å²) in [6.07, 6.45) is 1.50. The quantitative estimate of drug-likeness (QED) is 0.0187. The lowest BCUT2D eigenvalue weighted by Crippen LogP contribution is -2.59. The van der Waals surface area contributed by atoms with Crippen LogP contribution in [0.4, 0.5) is 0 Å². The lowest BCUT2D eigenvalue weighted by Gasteiger charge is -2.30. The Kier molecular flexibility index (Phi) is 21.2. The molecule has 1 aliphatic heterocycles. The lowest BCUT2D eigenvalue weighted by molar-refractivity contribution is -0.142. The Morgan fingerprint density at radius 1 is 0.727 bits per heavy atom. The van der Waals surface area contributed by atoms with Gasteiger partial charge in [0.25, 0.3) is 0 Å². The van der Waals surface area contributed by atoms with Crippen molar-refractivity contribution in [3.05, 3.63) is 0 Å². The molecule has 0 bridgehead atoms. The van der Waals surface area contributed by atoms with Gasteiger partial charge in [-0.2, -0.15) is 0 Å². The Bertz CT molecular complexity index is 1410. The summed E-state index contributed by atoms with van der Waals surface area (Å²) in [7, 11) is 0. The summed E-state index contributed by atoms with van der Waals surface area (Å²) in [4.78, 5) is 111. The third kappa shape index (κ3) is 16.9. The number of rotatable bonds is 24. The van der Waals surface area contributed by atoms with E-state index in [1.54, 1.807) is 0 Å².